The summed E-state index contributed by atoms with van der Waals surface area (Å²) in [5.41, 5.74) is 3.15. The molecule has 0 aromatic carbocycles. The lowest BCUT2D eigenvalue weighted by molar-refractivity contribution is -0.136. The van der Waals surface area contributed by atoms with Crippen molar-refractivity contribution in [2.45, 2.75) is 26.2 Å². The number of carboxylic acids is 1. The average molecular weight is 301 g/mol. The molecule has 0 unspecified atom stereocenters. The van der Waals surface area contributed by atoms with Crippen LogP contribution in [0.15, 0.2) is 29.8 Å². The highest BCUT2D eigenvalue weighted by atomic mass is 32.1. The molecule has 0 saturated heterocycles. The number of fused-ring (bicyclic) bond motifs is 1. The zero-order valence-electron chi connectivity index (χ0n) is 11.8. The molecule has 0 radical (unpaired) electrons. The zero-order chi connectivity index (χ0) is 15.0. The van der Waals surface area contributed by atoms with Crippen LogP contribution in [0.25, 0.3) is 16.3 Å². The molecule has 21 heavy (non-hydrogen) atoms. The Morgan fingerprint density at radius 1 is 1.43 bits per heavy atom. The van der Waals surface area contributed by atoms with Crippen molar-refractivity contribution in [1.29, 1.82) is 0 Å². The molecule has 5 nitrogen and oxygen atoms in total. The highest BCUT2D eigenvalue weighted by molar-refractivity contribution is 7.15. The van der Waals surface area contributed by atoms with Crippen LogP contribution in [-0.4, -0.2) is 25.4 Å². The molecule has 3 rings (SSSR count). The first kappa shape index (κ1) is 13.8. The standard InChI is InChI=1S/C15H15N3O2S/c1-9(2)12-8-21-15-17-14(10-5-3-4-6-16-10)11(18(12)15)7-13(19)20/h3-6,8-9H,7H2,1-2H3,(H,19,20). The molecular formula is C15H15N3O2S. The summed E-state index contributed by atoms with van der Waals surface area (Å²) >= 11 is 1.53. The summed E-state index contributed by atoms with van der Waals surface area (Å²) in [5, 5.41) is 11.3. The number of nitrogens with zero attached hydrogens (tertiary/aromatic N) is 3. The van der Waals surface area contributed by atoms with Crippen LogP contribution in [0, 0.1) is 0 Å². The number of thiazole rings is 1. The van der Waals surface area contributed by atoms with E-state index in [-0.39, 0.29) is 6.42 Å². The van der Waals surface area contributed by atoms with Crippen LogP contribution in [0.3, 0.4) is 0 Å². The predicted molar refractivity (Wildman–Crippen MR) is 81.7 cm³/mol. The Kier molecular flexibility index (Phi) is 3.47. The van der Waals surface area contributed by atoms with Crippen molar-refractivity contribution >= 4 is 22.3 Å². The van der Waals surface area contributed by atoms with Gasteiger partial charge in [0.2, 0.25) is 0 Å². The molecule has 0 bridgehead atoms. The Hall–Kier alpha value is -2.21. The van der Waals surface area contributed by atoms with Gasteiger partial charge in [-0.1, -0.05) is 19.9 Å². The summed E-state index contributed by atoms with van der Waals surface area (Å²) in [5.74, 6) is -0.563. The van der Waals surface area contributed by atoms with Crippen molar-refractivity contribution in [2.24, 2.45) is 0 Å². The molecular weight excluding hydrogens is 286 g/mol. The minimum absolute atomic E-state index is 0.0659. The third-order valence-electron chi connectivity index (χ3n) is 3.30. The highest BCUT2D eigenvalue weighted by Gasteiger charge is 2.21. The topological polar surface area (TPSA) is 67.5 Å². The fraction of sp³-hybridized carbons (Fsp3) is 0.267. The van der Waals surface area contributed by atoms with Gasteiger partial charge in [0.25, 0.3) is 0 Å². The molecule has 1 N–H and O–H groups in total. The molecule has 108 valence electrons. The SMILES string of the molecule is CC(C)c1csc2nc(-c3ccccn3)c(CC(=O)O)n12. The number of pyridine rings is 1. The minimum atomic E-state index is -0.866. The molecule has 3 aromatic rings. The summed E-state index contributed by atoms with van der Waals surface area (Å²) in [6.45, 7) is 4.18. The molecule has 3 heterocycles. The maximum absolute atomic E-state index is 11.2. The number of imidazole rings is 1. The Bertz CT molecular complexity index is 790. The van der Waals surface area contributed by atoms with E-state index in [2.05, 4.69) is 23.8 Å². The van der Waals surface area contributed by atoms with Gasteiger partial charge in [-0.3, -0.25) is 14.2 Å². The van der Waals surface area contributed by atoms with Gasteiger partial charge in [0.1, 0.15) is 5.69 Å². The molecule has 0 saturated carbocycles. The first-order valence-corrected chi connectivity index (χ1v) is 7.57. The van der Waals surface area contributed by atoms with Gasteiger partial charge in [-0.25, -0.2) is 4.98 Å². The van der Waals surface area contributed by atoms with E-state index in [4.69, 9.17) is 0 Å². The first-order valence-electron chi connectivity index (χ1n) is 6.70. The van der Waals surface area contributed by atoms with Crippen molar-refractivity contribution < 1.29 is 9.90 Å². The van der Waals surface area contributed by atoms with E-state index in [0.717, 1.165) is 10.7 Å². The summed E-state index contributed by atoms with van der Waals surface area (Å²) < 4.78 is 1.97. The molecule has 0 amide bonds. The Morgan fingerprint density at radius 2 is 2.24 bits per heavy atom. The Morgan fingerprint density at radius 3 is 2.86 bits per heavy atom. The Balaban J connectivity index is 2.27. The van der Waals surface area contributed by atoms with Gasteiger partial charge < -0.3 is 5.11 Å². The molecule has 0 fully saturated rings. The lowest BCUT2D eigenvalue weighted by atomic mass is 10.1. The maximum Gasteiger partial charge on any atom is 0.309 e. The van der Waals surface area contributed by atoms with Gasteiger partial charge in [-0.2, -0.15) is 0 Å². The van der Waals surface area contributed by atoms with Crippen LogP contribution in [0.5, 0.6) is 0 Å². The normalized spacial score (nSPS) is 11.4. The molecule has 6 heteroatoms. The summed E-state index contributed by atoms with van der Waals surface area (Å²) in [6.07, 6.45) is 1.63. The van der Waals surface area contributed by atoms with Gasteiger partial charge in [-0.05, 0) is 18.1 Å². The molecule has 0 aliphatic rings. The van der Waals surface area contributed by atoms with Crippen molar-refractivity contribution in [3.8, 4) is 11.4 Å². The molecule has 3 aromatic heterocycles. The molecule has 0 spiro atoms. The minimum Gasteiger partial charge on any atom is -0.481 e. The van der Waals surface area contributed by atoms with Crippen molar-refractivity contribution in [2.75, 3.05) is 0 Å². The van der Waals surface area contributed by atoms with Gasteiger partial charge in [0.05, 0.1) is 17.8 Å². The van der Waals surface area contributed by atoms with Crippen molar-refractivity contribution in [1.82, 2.24) is 14.4 Å². The predicted octanol–water partition coefficient (Wildman–Crippen LogP) is 3.21. The van der Waals surface area contributed by atoms with E-state index in [1.807, 2.05) is 28.0 Å². The number of aromatic nitrogens is 3. The Labute approximate surface area is 125 Å². The molecule has 0 aliphatic carbocycles. The fourth-order valence-corrected chi connectivity index (χ4v) is 3.42. The smallest absolute Gasteiger partial charge is 0.309 e. The zero-order valence-corrected chi connectivity index (χ0v) is 12.6. The number of carbonyl (C=O) groups is 1. The quantitative estimate of drug-likeness (QED) is 0.803. The first-order chi connectivity index (χ1) is 10.1. The summed E-state index contributed by atoms with van der Waals surface area (Å²) in [4.78, 5) is 21.0. The second-order valence-electron chi connectivity index (χ2n) is 5.13. The van der Waals surface area contributed by atoms with E-state index in [1.165, 1.54) is 11.3 Å². The molecule has 0 aliphatic heterocycles. The van der Waals surface area contributed by atoms with E-state index in [9.17, 15) is 9.90 Å². The molecule has 0 atom stereocenters. The van der Waals surface area contributed by atoms with E-state index >= 15 is 0 Å². The van der Waals surface area contributed by atoms with Gasteiger partial charge in [0.15, 0.2) is 4.96 Å². The fourth-order valence-electron chi connectivity index (χ4n) is 2.35. The van der Waals surface area contributed by atoms with E-state index in [1.54, 1.807) is 6.20 Å². The van der Waals surface area contributed by atoms with Crippen LogP contribution < -0.4 is 0 Å². The lowest BCUT2D eigenvalue weighted by Crippen LogP contribution is -2.07. The van der Waals surface area contributed by atoms with Crippen LogP contribution in [-0.2, 0) is 11.2 Å². The average Bonchev–Trinajstić information content (AvgIpc) is 3.00. The van der Waals surface area contributed by atoms with Crippen LogP contribution >= 0.6 is 11.3 Å². The number of hydrogen-bond acceptors (Lipinski definition) is 4. The van der Waals surface area contributed by atoms with Crippen LogP contribution in [0.1, 0.15) is 31.2 Å². The van der Waals surface area contributed by atoms with Crippen LogP contribution in [0.2, 0.25) is 0 Å². The van der Waals surface area contributed by atoms with Crippen molar-refractivity contribution in [3.63, 3.8) is 0 Å². The van der Waals surface area contributed by atoms with Crippen molar-refractivity contribution in [3.05, 3.63) is 41.2 Å². The second kappa shape index (κ2) is 5.29. The summed E-state index contributed by atoms with van der Waals surface area (Å²) in [7, 11) is 0. The van der Waals surface area contributed by atoms with E-state index < -0.39 is 5.97 Å². The largest absolute Gasteiger partial charge is 0.481 e. The van der Waals surface area contributed by atoms with E-state index in [0.29, 0.717) is 23.0 Å². The lowest BCUT2D eigenvalue weighted by Gasteiger charge is -2.07. The number of rotatable bonds is 4. The number of carboxylic acid groups (broad SMARTS) is 1. The number of aliphatic carboxylic acids is 1. The second-order valence-corrected chi connectivity index (χ2v) is 5.96. The summed E-state index contributed by atoms with van der Waals surface area (Å²) in [6, 6.07) is 5.56. The van der Waals surface area contributed by atoms with Gasteiger partial charge in [-0.15, -0.1) is 11.3 Å². The van der Waals surface area contributed by atoms with Crippen LogP contribution in [0.4, 0.5) is 0 Å². The van der Waals surface area contributed by atoms with Gasteiger partial charge >= 0.3 is 5.97 Å². The third kappa shape index (κ3) is 2.42. The third-order valence-corrected chi connectivity index (χ3v) is 4.15. The monoisotopic (exact) mass is 301 g/mol. The maximum atomic E-state index is 11.2. The number of hydrogen-bond donors (Lipinski definition) is 1. The van der Waals surface area contributed by atoms with Gasteiger partial charge in [0, 0.05) is 17.3 Å². The highest BCUT2D eigenvalue weighted by Crippen LogP contribution is 2.30.